The molecule has 9 nitrogen and oxygen atoms in total. The Labute approximate surface area is 202 Å². The summed E-state index contributed by atoms with van der Waals surface area (Å²) >= 11 is 0. The number of amides is 2. The maximum absolute atomic E-state index is 12.8. The van der Waals surface area contributed by atoms with E-state index in [1.54, 1.807) is 36.4 Å². The first-order valence-corrected chi connectivity index (χ1v) is 10.8. The van der Waals surface area contributed by atoms with Crippen LogP contribution in [0.2, 0.25) is 0 Å². The third-order valence-corrected chi connectivity index (χ3v) is 5.34. The van der Waals surface area contributed by atoms with Crippen LogP contribution in [0, 0.1) is 0 Å². The van der Waals surface area contributed by atoms with Crippen molar-refractivity contribution in [2.45, 2.75) is 12.5 Å². The van der Waals surface area contributed by atoms with Gasteiger partial charge in [-0.1, -0.05) is 18.2 Å². The first-order valence-electron chi connectivity index (χ1n) is 10.8. The second-order valence-corrected chi connectivity index (χ2v) is 7.56. The van der Waals surface area contributed by atoms with Gasteiger partial charge in [0.05, 0.1) is 33.8 Å². The van der Waals surface area contributed by atoms with E-state index in [0.29, 0.717) is 39.9 Å². The normalized spacial score (nSPS) is 14.9. The van der Waals surface area contributed by atoms with E-state index in [1.165, 1.54) is 21.3 Å². The van der Waals surface area contributed by atoms with E-state index >= 15 is 0 Å². The van der Waals surface area contributed by atoms with Gasteiger partial charge in [-0.25, -0.2) is 4.99 Å². The summed E-state index contributed by atoms with van der Waals surface area (Å²) in [5, 5.41) is 5.27. The molecule has 180 valence electrons. The summed E-state index contributed by atoms with van der Waals surface area (Å²) in [6, 6.07) is 18.9. The molecule has 0 aliphatic carbocycles. The summed E-state index contributed by atoms with van der Waals surface area (Å²) in [7, 11) is 4.53. The van der Waals surface area contributed by atoms with Gasteiger partial charge in [0.25, 0.3) is 5.91 Å². The molecule has 1 atom stereocenters. The van der Waals surface area contributed by atoms with E-state index in [0.717, 1.165) is 0 Å². The minimum absolute atomic E-state index is 0.0534. The second-order valence-electron chi connectivity index (χ2n) is 7.56. The van der Waals surface area contributed by atoms with Crippen molar-refractivity contribution in [3.05, 3.63) is 77.9 Å². The standard InChI is InChI=1S/C26H25N3O6/c1-32-21-14-13-19(23(33-2)24(21)34-3)20-15-22(30)28-26(27-20)29-25(31)16-9-11-18(12-10-16)35-17-7-5-4-6-8-17/h4-14,20H,15H2,1-3H3,(H2,27,28,29,30,31). The highest BCUT2D eigenvalue weighted by atomic mass is 16.5. The number of rotatable bonds is 7. The molecule has 0 saturated carbocycles. The van der Waals surface area contributed by atoms with Crippen LogP contribution < -0.4 is 29.6 Å². The van der Waals surface area contributed by atoms with Crippen LogP contribution in [0.1, 0.15) is 28.4 Å². The van der Waals surface area contributed by atoms with E-state index in [2.05, 4.69) is 15.6 Å². The molecule has 0 fully saturated rings. The molecule has 0 radical (unpaired) electrons. The lowest BCUT2D eigenvalue weighted by Crippen LogP contribution is -2.47. The molecule has 0 saturated heterocycles. The topological polar surface area (TPSA) is 107 Å². The molecule has 35 heavy (non-hydrogen) atoms. The van der Waals surface area contributed by atoms with Crippen LogP contribution in [0.5, 0.6) is 28.7 Å². The lowest BCUT2D eigenvalue weighted by molar-refractivity contribution is -0.120. The Morgan fingerprint density at radius 1 is 0.886 bits per heavy atom. The van der Waals surface area contributed by atoms with Gasteiger partial charge in [0.1, 0.15) is 11.5 Å². The van der Waals surface area contributed by atoms with Crippen LogP contribution in [0.3, 0.4) is 0 Å². The Bertz CT molecular complexity index is 1240. The highest BCUT2D eigenvalue weighted by Crippen LogP contribution is 2.44. The first kappa shape index (κ1) is 23.6. The molecule has 9 heteroatoms. The van der Waals surface area contributed by atoms with Crippen molar-refractivity contribution in [1.82, 2.24) is 10.6 Å². The summed E-state index contributed by atoms with van der Waals surface area (Å²) in [6.45, 7) is 0. The lowest BCUT2D eigenvalue weighted by atomic mass is 10.0. The molecule has 0 spiro atoms. The molecule has 3 aromatic rings. The van der Waals surface area contributed by atoms with Crippen LogP contribution in [0.15, 0.2) is 71.7 Å². The smallest absolute Gasteiger partial charge is 0.257 e. The van der Waals surface area contributed by atoms with Crippen molar-refractivity contribution >= 4 is 17.8 Å². The third kappa shape index (κ3) is 5.35. The van der Waals surface area contributed by atoms with Crippen molar-refractivity contribution < 1.29 is 28.5 Å². The highest BCUT2D eigenvalue weighted by Gasteiger charge is 2.28. The number of nitrogens with one attached hydrogen (secondary N) is 2. The summed E-state index contributed by atoms with van der Waals surface area (Å²) in [4.78, 5) is 29.7. The number of hydrogen-bond donors (Lipinski definition) is 2. The van der Waals surface area contributed by atoms with Crippen LogP contribution in [-0.4, -0.2) is 39.1 Å². The predicted octanol–water partition coefficient (Wildman–Crippen LogP) is 3.85. The van der Waals surface area contributed by atoms with Crippen molar-refractivity contribution in [2.75, 3.05) is 21.3 Å². The number of carbonyl (C=O) groups is 2. The largest absolute Gasteiger partial charge is 0.493 e. The Morgan fingerprint density at radius 3 is 2.23 bits per heavy atom. The number of para-hydroxylation sites is 1. The van der Waals surface area contributed by atoms with E-state index in [9.17, 15) is 9.59 Å². The average Bonchev–Trinajstić information content (AvgIpc) is 2.88. The summed E-state index contributed by atoms with van der Waals surface area (Å²) in [5.74, 6) is 1.94. The number of ether oxygens (including phenoxy) is 4. The number of nitrogens with zero attached hydrogens (tertiary/aromatic N) is 1. The van der Waals surface area contributed by atoms with Gasteiger partial charge in [-0.05, 0) is 48.5 Å². The molecule has 1 aliphatic heterocycles. The zero-order valence-electron chi connectivity index (χ0n) is 19.5. The van der Waals surface area contributed by atoms with Gasteiger partial charge in [0, 0.05) is 11.1 Å². The van der Waals surface area contributed by atoms with Gasteiger partial charge in [-0.15, -0.1) is 0 Å². The highest BCUT2D eigenvalue weighted by molar-refractivity contribution is 6.10. The Kier molecular flexibility index (Phi) is 7.15. The Hall–Kier alpha value is -4.53. The van der Waals surface area contributed by atoms with Gasteiger partial charge < -0.3 is 18.9 Å². The number of benzene rings is 3. The first-order chi connectivity index (χ1) is 17.0. The van der Waals surface area contributed by atoms with E-state index < -0.39 is 11.9 Å². The minimum Gasteiger partial charge on any atom is -0.493 e. The van der Waals surface area contributed by atoms with Gasteiger partial charge in [-0.2, -0.15) is 0 Å². The number of guanidine groups is 1. The average molecular weight is 476 g/mol. The zero-order chi connectivity index (χ0) is 24.8. The summed E-state index contributed by atoms with van der Waals surface area (Å²) < 4.78 is 22.0. The fourth-order valence-corrected chi connectivity index (χ4v) is 3.70. The van der Waals surface area contributed by atoms with Gasteiger partial charge in [0.15, 0.2) is 11.5 Å². The SMILES string of the molecule is COc1ccc(C2CC(=O)NC(NC(=O)c3ccc(Oc4ccccc4)cc3)=N2)c(OC)c1OC. The van der Waals surface area contributed by atoms with Gasteiger partial charge >= 0.3 is 0 Å². The molecule has 1 heterocycles. The van der Waals surface area contributed by atoms with Crippen molar-refractivity contribution in [2.24, 2.45) is 4.99 Å². The van der Waals surface area contributed by atoms with Crippen LogP contribution in [0.25, 0.3) is 0 Å². The monoisotopic (exact) mass is 475 g/mol. The predicted molar refractivity (Wildman–Crippen MR) is 129 cm³/mol. The molecular formula is C26H25N3O6. The number of hydrogen-bond acceptors (Lipinski definition) is 7. The second kappa shape index (κ2) is 10.6. The summed E-state index contributed by atoms with van der Waals surface area (Å²) in [6.07, 6.45) is 0.0801. The fourth-order valence-electron chi connectivity index (χ4n) is 3.70. The van der Waals surface area contributed by atoms with Crippen molar-refractivity contribution in [3.8, 4) is 28.7 Å². The fraction of sp³-hybridized carbons (Fsp3) is 0.192. The number of methoxy groups -OCH3 is 3. The van der Waals surface area contributed by atoms with E-state index in [-0.39, 0.29) is 18.3 Å². The van der Waals surface area contributed by atoms with Crippen LogP contribution in [-0.2, 0) is 4.79 Å². The molecule has 4 rings (SSSR count). The molecule has 2 amide bonds. The van der Waals surface area contributed by atoms with E-state index in [1.807, 2.05) is 30.3 Å². The van der Waals surface area contributed by atoms with Gasteiger partial charge in [-0.3, -0.25) is 20.2 Å². The molecule has 1 unspecified atom stereocenters. The zero-order valence-corrected chi connectivity index (χ0v) is 19.5. The maximum Gasteiger partial charge on any atom is 0.257 e. The van der Waals surface area contributed by atoms with Crippen LogP contribution >= 0.6 is 0 Å². The quantitative estimate of drug-likeness (QED) is 0.538. The molecular weight excluding hydrogens is 450 g/mol. The molecule has 3 aromatic carbocycles. The van der Waals surface area contributed by atoms with E-state index in [4.69, 9.17) is 18.9 Å². The van der Waals surface area contributed by atoms with Crippen molar-refractivity contribution in [1.29, 1.82) is 0 Å². The lowest BCUT2D eigenvalue weighted by Gasteiger charge is -2.24. The molecule has 2 N–H and O–H groups in total. The number of aliphatic imine (C=N–C) groups is 1. The molecule has 1 aliphatic rings. The maximum atomic E-state index is 12.8. The van der Waals surface area contributed by atoms with Crippen LogP contribution in [0.4, 0.5) is 0 Å². The summed E-state index contributed by atoms with van der Waals surface area (Å²) in [5.41, 5.74) is 1.02. The molecule has 0 bridgehead atoms. The number of carbonyl (C=O) groups excluding carboxylic acids is 2. The minimum atomic E-state index is -0.588. The Balaban J connectivity index is 1.52. The molecule has 0 aromatic heterocycles. The Morgan fingerprint density at radius 2 is 1.57 bits per heavy atom. The third-order valence-electron chi connectivity index (χ3n) is 5.34. The van der Waals surface area contributed by atoms with Crippen molar-refractivity contribution in [3.63, 3.8) is 0 Å². The van der Waals surface area contributed by atoms with Gasteiger partial charge in [0.2, 0.25) is 17.6 Å².